The summed E-state index contributed by atoms with van der Waals surface area (Å²) < 4.78 is 12.2. The van der Waals surface area contributed by atoms with Gasteiger partial charge in [-0.25, -0.2) is 9.78 Å². The molecule has 0 bridgehead atoms. The largest absolute Gasteiger partial charge is 0.477 e. The van der Waals surface area contributed by atoms with Crippen LogP contribution in [0.25, 0.3) is 16.0 Å². The Morgan fingerprint density at radius 1 is 1.19 bits per heavy atom. The predicted molar refractivity (Wildman–Crippen MR) is 134 cm³/mol. The zero-order valence-electron chi connectivity index (χ0n) is 20.0. The van der Waals surface area contributed by atoms with Gasteiger partial charge in [0.25, 0.3) is 11.7 Å². The number of methoxy groups -OCH3 is 1. The van der Waals surface area contributed by atoms with Gasteiger partial charge in [0.15, 0.2) is 0 Å². The molecule has 4 aromatic rings. The molecule has 1 aromatic carbocycles. The van der Waals surface area contributed by atoms with Gasteiger partial charge in [0.05, 0.1) is 11.3 Å². The number of fused-ring (bicyclic) bond motifs is 1. The number of rotatable bonds is 10. The summed E-state index contributed by atoms with van der Waals surface area (Å²) in [6.07, 6.45) is 0.908. The van der Waals surface area contributed by atoms with Gasteiger partial charge in [0.2, 0.25) is 5.88 Å². The van der Waals surface area contributed by atoms with Crippen LogP contribution in [-0.2, 0) is 27.2 Å². The molecule has 3 heterocycles. The molecular weight excluding hydrogens is 482 g/mol. The van der Waals surface area contributed by atoms with Gasteiger partial charge < -0.3 is 24.7 Å². The van der Waals surface area contributed by atoms with Gasteiger partial charge in [-0.2, -0.15) is 0 Å². The van der Waals surface area contributed by atoms with E-state index in [-0.39, 0.29) is 17.0 Å². The smallest absolute Gasteiger partial charge is 0.373 e. The number of aliphatic carboxylic acids is 1. The number of carbonyl (C=O) groups is 3. The van der Waals surface area contributed by atoms with Crippen molar-refractivity contribution in [3.63, 3.8) is 0 Å². The van der Waals surface area contributed by atoms with E-state index in [2.05, 4.69) is 4.98 Å². The first kappa shape index (κ1) is 25.1. The normalized spacial score (nSPS) is 12.0. The monoisotopic (exact) mass is 507 g/mol. The van der Waals surface area contributed by atoms with Crippen LogP contribution in [0.4, 0.5) is 0 Å². The Kier molecular flexibility index (Phi) is 7.18. The first-order valence-electron chi connectivity index (χ1n) is 11.2. The Hall–Kier alpha value is -4.02. The van der Waals surface area contributed by atoms with E-state index in [4.69, 9.17) is 15.2 Å². The molecule has 0 radical (unpaired) electrons. The molecule has 10 heteroatoms. The van der Waals surface area contributed by atoms with Crippen molar-refractivity contribution in [2.24, 2.45) is 5.73 Å². The molecule has 4 rings (SSSR count). The summed E-state index contributed by atoms with van der Waals surface area (Å²) in [7, 11) is 1.18. The summed E-state index contributed by atoms with van der Waals surface area (Å²) in [5.41, 5.74) is 9.59. The van der Waals surface area contributed by atoms with Crippen molar-refractivity contribution in [3.05, 3.63) is 76.1 Å². The number of carboxylic acid groups (broad SMARTS) is 1. The van der Waals surface area contributed by atoms with E-state index in [1.54, 1.807) is 28.9 Å². The van der Waals surface area contributed by atoms with Gasteiger partial charge in [-0.1, -0.05) is 37.3 Å². The second kappa shape index (κ2) is 10.3. The number of hydrogen-bond acceptors (Lipinski definition) is 7. The summed E-state index contributed by atoms with van der Waals surface area (Å²) in [5.74, 6) is -3.53. The molecular formula is C26H25N3O6S. The zero-order valence-corrected chi connectivity index (χ0v) is 20.8. The number of aryl methyl sites for hydroxylation is 1. The Morgan fingerprint density at radius 2 is 1.94 bits per heavy atom. The standard InChI is InChI=1S/C26H25N3O6S/c1-4-16-18(12-15-8-5-6-9-17(15)19-10-7-11-36-19)29-13-14(2)28-24(35-26(34-3)25(32)33)21(29)20(16)22(30)23(27)31/h5-11,13,26H,4,12H2,1-3H3,(H2,27,31)(H,32,33). The highest BCUT2D eigenvalue weighted by molar-refractivity contribution is 7.13. The summed E-state index contributed by atoms with van der Waals surface area (Å²) in [6.45, 7) is 3.59. The number of ketones is 1. The van der Waals surface area contributed by atoms with Gasteiger partial charge in [-0.15, -0.1) is 11.3 Å². The summed E-state index contributed by atoms with van der Waals surface area (Å²) >= 11 is 1.62. The summed E-state index contributed by atoms with van der Waals surface area (Å²) in [4.78, 5) is 42.1. The van der Waals surface area contributed by atoms with Crippen molar-refractivity contribution in [2.45, 2.75) is 33.0 Å². The van der Waals surface area contributed by atoms with Gasteiger partial charge >= 0.3 is 12.3 Å². The maximum absolute atomic E-state index is 13.1. The highest BCUT2D eigenvalue weighted by atomic mass is 32.1. The SMILES string of the molecule is CCc1c(C(=O)C(N)=O)c2c(OC(OC)C(=O)O)nc(C)cn2c1Cc1ccccc1-c1cccs1. The van der Waals surface area contributed by atoms with Crippen LogP contribution >= 0.6 is 11.3 Å². The van der Waals surface area contributed by atoms with Crippen LogP contribution in [0.15, 0.2) is 48.0 Å². The zero-order chi connectivity index (χ0) is 26.0. The topological polar surface area (TPSA) is 133 Å². The van der Waals surface area contributed by atoms with Gasteiger partial charge in [-0.05, 0) is 41.5 Å². The van der Waals surface area contributed by atoms with Crippen LogP contribution in [-0.4, -0.2) is 45.6 Å². The minimum absolute atomic E-state index is 0.0522. The van der Waals surface area contributed by atoms with Gasteiger partial charge in [-0.3, -0.25) is 9.59 Å². The van der Waals surface area contributed by atoms with E-state index in [0.717, 1.165) is 21.7 Å². The number of nitrogens with two attached hydrogens (primary N) is 1. The van der Waals surface area contributed by atoms with E-state index in [0.29, 0.717) is 24.1 Å². The third-order valence-corrected chi connectivity index (χ3v) is 6.72. The Labute approximate surface area is 211 Å². The Bertz CT molecular complexity index is 1460. The fourth-order valence-electron chi connectivity index (χ4n) is 4.32. The van der Waals surface area contributed by atoms with Crippen molar-refractivity contribution < 1.29 is 29.0 Å². The molecule has 36 heavy (non-hydrogen) atoms. The van der Waals surface area contributed by atoms with Gasteiger partial charge in [0, 0.05) is 30.3 Å². The molecule has 3 aromatic heterocycles. The number of carbonyl (C=O) groups excluding carboxylic acids is 2. The minimum Gasteiger partial charge on any atom is -0.477 e. The number of Topliss-reactive ketones (excluding diaryl/α,β-unsaturated/α-hetero) is 1. The average molecular weight is 508 g/mol. The number of carboxylic acids is 1. The number of aromatic nitrogens is 2. The number of thiophene rings is 1. The van der Waals surface area contributed by atoms with Crippen LogP contribution in [0, 0.1) is 6.92 Å². The predicted octanol–water partition coefficient (Wildman–Crippen LogP) is 3.63. The van der Waals surface area contributed by atoms with Crippen LogP contribution in [0.2, 0.25) is 0 Å². The molecule has 186 valence electrons. The first-order valence-corrected chi connectivity index (χ1v) is 12.1. The third-order valence-electron chi connectivity index (χ3n) is 5.82. The Balaban J connectivity index is 2.00. The van der Waals surface area contributed by atoms with Crippen LogP contribution in [0.3, 0.4) is 0 Å². The maximum atomic E-state index is 13.1. The maximum Gasteiger partial charge on any atom is 0.373 e. The van der Waals surface area contributed by atoms with E-state index in [1.807, 2.05) is 48.7 Å². The lowest BCUT2D eigenvalue weighted by molar-refractivity contribution is -0.166. The van der Waals surface area contributed by atoms with Crippen molar-refractivity contribution in [2.75, 3.05) is 7.11 Å². The van der Waals surface area contributed by atoms with E-state index < -0.39 is 23.9 Å². The van der Waals surface area contributed by atoms with E-state index >= 15 is 0 Å². The molecule has 0 aliphatic carbocycles. The molecule has 0 saturated heterocycles. The van der Waals surface area contributed by atoms with Crippen molar-refractivity contribution in [1.82, 2.24) is 9.38 Å². The molecule has 0 spiro atoms. The number of nitrogens with zero attached hydrogens (tertiary/aromatic N) is 2. The minimum atomic E-state index is -1.66. The fourth-order valence-corrected chi connectivity index (χ4v) is 5.11. The quantitative estimate of drug-likeness (QED) is 0.190. The highest BCUT2D eigenvalue weighted by Gasteiger charge is 2.31. The van der Waals surface area contributed by atoms with Crippen LogP contribution in [0.1, 0.15) is 39.8 Å². The second-order valence-corrected chi connectivity index (χ2v) is 9.04. The van der Waals surface area contributed by atoms with Crippen LogP contribution in [0.5, 0.6) is 5.88 Å². The van der Waals surface area contributed by atoms with E-state index in [1.165, 1.54) is 7.11 Å². The first-order chi connectivity index (χ1) is 17.3. The lowest BCUT2D eigenvalue weighted by atomic mass is 9.96. The number of benzene rings is 1. The lowest BCUT2D eigenvalue weighted by Crippen LogP contribution is -2.29. The number of ether oxygens (including phenoxy) is 2. The van der Waals surface area contributed by atoms with Gasteiger partial charge in [0.1, 0.15) is 5.52 Å². The number of amides is 1. The van der Waals surface area contributed by atoms with Crippen molar-refractivity contribution in [1.29, 1.82) is 0 Å². The lowest BCUT2D eigenvalue weighted by Gasteiger charge is -2.15. The molecule has 9 nitrogen and oxygen atoms in total. The van der Waals surface area contributed by atoms with Crippen molar-refractivity contribution in [3.8, 4) is 16.3 Å². The molecule has 1 unspecified atom stereocenters. The Morgan fingerprint density at radius 3 is 2.56 bits per heavy atom. The highest BCUT2D eigenvalue weighted by Crippen LogP contribution is 2.35. The summed E-state index contributed by atoms with van der Waals surface area (Å²) in [6, 6.07) is 12.0. The molecule has 1 amide bonds. The molecule has 1 atom stereocenters. The molecule has 3 N–H and O–H groups in total. The molecule has 0 fully saturated rings. The molecule has 0 aliphatic heterocycles. The number of primary amides is 1. The average Bonchev–Trinajstić information content (AvgIpc) is 3.49. The number of hydrogen-bond donors (Lipinski definition) is 2. The van der Waals surface area contributed by atoms with Crippen molar-refractivity contribution >= 4 is 34.5 Å². The molecule has 0 saturated carbocycles. The fraction of sp³-hybridized carbons (Fsp3) is 0.231. The third kappa shape index (κ3) is 4.60. The molecule has 0 aliphatic rings. The van der Waals surface area contributed by atoms with Crippen LogP contribution < -0.4 is 10.5 Å². The summed E-state index contributed by atoms with van der Waals surface area (Å²) in [5, 5.41) is 11.4. The van der Waals surface area contributed by atoms with E-state index in [9.17, 15) is 19.5 Å². The second-order valence-electron chi connectivity index (χ2n) is 8.09.